The van der Waals surface area contributed by atoms with Gasteiger partial charge in [-0.25, -0.2) is 4.99 Å². The van der Waals surface area contributed by atoms with Gasteiger partial charge in [0.2, 0.25) is 5.91 Å². The molecule has 0 aromatic heterocycles. The molecule has 1 aromatic carbocycles. The summed E-state index contributed by atoms with van der Waals surface area (Å²) in [7, 11) is 0. The third kappa shape index (κ3) is 5.39. The number of hydrogen-bond donors (Lipinski definition) is 2. The standard InChI is InChI=1S/C24H37N5O2.HI/c1-3-25-23(26-18-24(31)11-10-20-8-4-5-9-21(20)24)29-16-14-27(15-17-29)19(2)22(30)28-12-6-7-13-28;/h4-5,8-9,19,31H,3,6-7,10-18H2,1-2H3,(H,25,26);1H. The Morgan fingerprint density at radius 1 is 1.12 bits per heavy atom. The fourth-order valence-corrected chi connectivity index (χ4v) is 5.14. The van der Waals surface area contributed by atoms with Gasteiger partial charge in [-0.3, -0.25) is 9.69 Å². The van der Waals surface area contributed by atoms with Crippen LogP contribution in [0.3, 0.4) is 0 Å². The monoisotopic (exact) mass is 555 g/mol. The third-order valence-corrected chi connectivity index (χ3v) is 7.09. The van der Waals surface area contributed by atoms with Crippen LogP contribution in [0.15, 0.2) is 29.3 Å². The molecule has 4 rings (SSSR count). The van der Waals surface area contributed by atoms with Gasteiger partial charge in [0.1, 0.15) is 5.60 Å². The molecule has 32 heavy (non-hydrogen) atoms. The smallest absolute Gasteiger partial charge is 0.239 e. The second kappa shape index (κ2) is 11.2. The molecule has 2 aliphatic heterocycles. The second-order valence-electron chi connectivity index (χ2n) is 9.09. The minimum atomic E-state index is -0.879. The number of guanidine groups is 1. The minimum absolute atomic E-state index is 0. The molecule has 0 spiro atoms. The molecule has 8 heteroatoms. The summed E-state index contributed by atoms with van der Waals surface area (Å²) in [5.41, 5.74) is 1.37. The van der Waals surface area contributed by atoms with E-state index in [1.807, 2.05) is 30.0 Å². The van der Waals surface area contributed by atoms with Crippen molar-refractivity contribution in [3.8, 4) is 0 Å². The lowest BCUT2D eigenvalue weighted by atomic mass is 9.96. The average Bonchev–Trinajstić information content (AvgIpc) is 3.45. The maximum atomic E-state index is 12.8. The van der Waals surface area contributed by atoms with Crippen molar-refractivity contribution < 1.29 is 9.90 Å². The number of rotatable bonds is 5. The lowest BCUT2D eigenvalue weighted by Crippen LogP contribution is -2.57. The summed E-state index contributed by atoms with van der Waals surface area (Å²) in [6.07, 6.45) is 3.89. The van der Waals surface area contributed by atoms with Crippen molar-refractivity contribution >= 4 is 35.8 Å². The number of aryl methyl sites for hydroxylation is 1. The van der Waals surface area contributed by atoms with E-state index in [1.54, 1.807) is 0 Å². The summed E-state index contributed by atoms with van der Waals surface area (Å²) in [5, 5.41) is 14.6. The quantitative estimate of drug-likeness (QED) is 0.331. The number of carbonyl (C=O) groups excluding carboxylic acids is 1. The van der Waals surface area contributed by atoms with Crippen LogP contribution >= 0.6 is 24.0 Å². The van der Waals surface area contributed by atoms with E-state index in [9.17, 15) is 9.90 Å². The first kappa shape index (κ1) is 25.2. The van der Waals surface area contributed by atoms with Gasteiger partial charge in [0.05, 0.1) is 12.6 Å². The molecule has 3 aliphatic rings. The largest absolute Gasteiger partial charge is 0.383 e. The van der Waals surface area contributed by atoms with E-state index in [-0.39, 0.29) is 35.9 Å². The number of piperazine rings is 1. The predicted octanol–water partition coefficient (Wildman–Crippen LogP) is 2.03. The zero-order valence-electron chi connectivity index (χ0n) is 19.4. The van der Waals surface area contributed by atoms with E-state index >= 15 is 0 Å². The van der Waals surface area contributed by atoms with Crippen molar-refractivity contribution in [2.45, 2.75) is 51.2 Å². The molecule has 1 aliphatic carbocycles. The number of aliphatic hydroxyl groups is 1. The van der Waals surface area contributed by atoms with Gasteiger partial charge in [0.25, 0.3) is 0 Å². The van der Waals surface area contributed by atoms with Gasteiger partial charge in [0.15, 0.2) is 5.96 Å². The normalized spacial score (nSPS) is 24.8. The minimum Gasteiger partial charge on any atom is -0.383 e. The molecule has 2 fully saturated rings. The molecular weight excluding hydrogens is 517 g/mol. The van der Waals surface area contributed by atoms with Crippen LogP contribution in [0.5, 0.6) is 0 Å². The van der Waals surface area contributed by atoms with Crippen molar-refractivity contribution in [2.75, 3.05) is 52.4 Å². The van der Waals surface area contributed by atoms with Crippen molar-refractivity contribution in [2.24, 2.45) is 4.99 Å². The Kier molecular flexibility index (Phi) is 8.80. The molecule has 0 saturated carbocycles. The first-order valence-electron chi connectivity index (χ1n) is 11.9. The molecule has 2 atom stereocenters. The number of likely N-dealkylation sites (tertiary alicyclic amines) is 1. The van der Waals surface area contributed by atoms with Crippen molar-refractivity contribution in [1.82, 2.24) is 20.0 Å². The number of hydrogen-bond acceptors (Lipinski definition) is 4. The van der Waals surface area contributed by atoms with E-state index in [0.717, 1.165) is 83.0 Å². The van der Waals surface area contributed by atoms with Gasteiger partial charge in [0, 0.05) is 45.8 Å². The van der Waals surface area contributed by atoms with E-state index in [2.05, 4.69) is 28.1 Å². The fraction of sp³-hybridized carbons (Fsp3) is 0.667. The number of amides is 1. The molecule has 2 heterocycles. The molecule has 2 unspecified atom stereocenters. The number of halogens is 1. The summed E-state index contributed by atoms with van der Waals surface area (Å²) in [4.78, 5) is 24.2. The highest BCUT2D eigenvalue weighted by Gasteiger charge is 2.37. The third-order valence-electron chi connectivity index (χ3n) is 7.09. The Morgan fingerprint density at radius 2 is 1.81 bits per heavy atom. The Labute approximate surface area is 209 Å². The molecule has 2 saturated heterocycles. The highest BCUT2D eigenvalue weighted by molar-refractivity contribution is 14.0. The Hall–Kier alpha value is -1.39. The Balaban J connectivity index is 0.00000289. The lowest BCUT2D eigenvalue weighted by Gasteiger charge is -2.39. The summed E-state index contributed by atoms with van der Waals surface area (Å²) in [6.45, 7) is 10.4. The van der Waals surface area contributed by atoms with Gasteiger partial charge in [-0.05, 0) is 50.7 Å². The van der Waals surface area contributed by atoms with Gasteiger partial charge < -0.3 is 20.2 Å². The topological polar surface area (TPSA) is 71.4 Å². The molecule has 2 N–H and O–H groups in total. The van der Waals surface area contributed by atoms with Crippen LogP contribution in [0, 0.1) is 0 Å². The molecule has 0 radical (unpaired) electrons. The molecular formula is C24H38IN5O2. The summed E-state index contributed by atoms with van der Waals surface area (Å²) < 4.78 is 0. The summed E-state index contributed by atoms with van der Waals surface area (Å²) in [6, 6.07) is 8.10. The average molecular weight is 556 g/mol. The number of carbonyl (C=O) groups is 1. The molecule has 178 valence electrons. The van der Waals surface area contributed by atoms with Crippen LogP contribution in [-0.4, -0.2) is 90.1 Å². The van der Waals surface area contributed by atoms with E-state index in [4.69, 9.17) is 4.99 Å². The molecule has 0 bridgehead atoms. The summed E-state index contributed by atoms with van der Waals surface area (Å²) in [5.74, 6) is 1.13. The SMILES string of the molecule is CCNC(=NCC1(O)CCc2ccccc21)N1CCN(C(C)C(=O)N2CCCC2)CC1.I. The first-order chi connectivity index (χ1) is 15.0. The van der Waals surface area contributed by atoms with Crippen molar-refractivity contribution in [1.29, 1.82) is 0 Å². The predicted molar refractivity (Wildman–Crippen MR) is 138 cm³/mol. The zero-order chi connectivity index (χ0) is 21.8. The lowest BCUT2D eigenvalue weighted by molar-refractivity contribution is -0.135. The van der Waals surface area contributed by atoms with Crippen LogP contribution in [0.2, 0.25) is 0 Å². The van der Waals surface area contributed by atoms with Crippen LogP contribution in [-0.2, 0) is 16.8 Å². The van der Waals surface area contributed by atoms with E-state index in [1.165, 1.54) is 5.56 Å². The van der Waals surface area contributed by atoms with Crippen molar-refractivity contribution in [3.05, 3.63) is 35.4 Å². The van der Waals surface area contributed by atoms with Gasteiger partial charge in [-0.2, -0.15) is 0 Å². The number of fused-ring (bicyclic) bond motifs is 1. The first-order valence-corrected chi connectivity index (χ1v) is 11.9. The van der Waals surface area contributed by atoms with E-state index < -0.39 is 5.60 Å². The zero-order valence-corrected chi connectivity index (χ0v) is 21.8. The highest BCUT2D eigenvalue weighted by Crippen LogP contribution is 2.36. The second-order valence-corrected chi connectivity index (χ2v) is 9.09. The maximum absolute atomic E-state index is 12.8. The van der Waals surface area contributed by atoms with Gasteiger partial charge >= 0.3 is 0 Å². The number of aliphatic imine (C=N–C) groups is 1. The number of nitrogens with zero attached hydrogens (tertiary/aromatic N) is 4. The van der Waals surface area contributed by atoms with Crippen LogP contribution < -0.4 is 5.32 Å². The van der Waals surface area contributed by atoms with E-state index in [0.29, 0.717) is 6.54 Å². The van der Waals surface area contributed by atoms with Crippen molar-refractivity contribution in [3.63, 3.8) is 0 Å². The van der Waals surface area contributed by atoms with Gasteiger partial charge in [-0.15, -0.1) is 24.0 Å². The van der Waals surface area contributed by atoms with Crippen LogP contribution in [0.25, 0.3) is 0 Å². The van der Waals surface area contributed by atoms with Gasteiger partial charge in [-0.1, -0.05) is 24.3 Å². The summed E-state index contributed by atoms with van der Waals surface area (Å²) >= 11 is 0. The maximum Gasteiger partial charge on any atom is 0.239 e. The van der Waals surface area contributed by atoms with Crippen LogP contribution in [0.1, 0.15) is 44.2 Å². The molecule has 1 amide bonds. The fourth-order valence-electron chi connectivity index (χ4n) is 5.14. The highest BCUT2D eigenvalue weighted by atomic mass is 127. The Bertz CT molecular complexity index is 805. The van der Waals surface area contributed by atoms with Crippen LogP contribution in [0.4, 0.5) is 0 Å². The molecule has 1 aromatic rings. The number of nitrogens with one attached hydrogen (secondary N) is 1. The Morgan fingerprint density at radius 3 is 2.50 bits per heavy atom. The molecule has 7 nitrogen and oxygen atoms in total. The number of benzene rings is 1.